The third-order valence-electron chi connectivity index (χ3n) is 2.73. The van der Waals surface area contributed by atoms with Crippen molar-refractivity contribution in [3.8, 4) is 5.75 Å². The van der Waals surface area contributed by atoms with Crippen LogP contribution < -0.4 is 4.74 Å². The Balaban J connectivity index is 2.18. The molecule has 0 saturated carbocycles. The van der Waals surface area contributed by atoms with Crippen molar-refractivity contribution in [1.82, 2.24) is 0 Å². The predicted molar refractivity (Wildman–Crippen MR) is 81.9 cm³/mol. The molecule has 2 aromatic carbocycles. The lowest BCUT2D eigenvalue weighted by Gasteiger charge is -2.09. The van der Waals surface area contributed by atoms with Gasteiger partial charge >= 0.3 is 0 Å². The summed E-state index contributed by atoms with van der Waals surface area (Å²) in [7, 11) is 1.66. The van der Waals surface area contributed by atoms with Crippen LogP contribution in [0.5, 0.6) is 5.75 Å². The van der Waals surface area contributed by atoms with Gasteiger partial charge in [0.2, 0.25) is 0 Å². The van der Waals surface area contributed by atoms with E-state index in [9.17, 15) is 5.11 Å². The third-order valence-corrected chi connectivity index (χ3v) is 4.73. The van der Waals surface area contributed by atoms with Gasteiger partial charge in [-0.1, -0.05) is 17.8 Å². The number of aliphatic hydroxyl groups excluding tert-OH is 1. The summed E-state index contributed by atoms with van der Waals surface area (Å²) in [6.45, 7) is 1.76. The third kappa shape index (κ3) is 3.75. The van der Waals surface area contributed by atoms with Crippen molar-refractivity contribution in [1.29, 1.82) is 0 Å². The minimum atomic E-state index is -0.448. The van der Waals surface area contributed by atoms with E-state index >= 15 is 0 Å². The number of benzene rings is 2. The monoisotopic (exact) mass is 338 g/mol. The van der Waals surface area contributed by atoms with Crippen LogP contribution in [-0.4, -0.2) is 12.2 Å². The molecule has 0 heterocycles. The maximum atomic E-state index is 9.54. The average Bonchev–Trinajstić information content (AvgIpc) is 2.41. The zero-order chi connectivity index (χ0) is 13.8. The molecule has 2 nitrogen and oxygen atoms in total. The van der Waals surface area contributed by atoms with E-state index in [2.05, 4.69) is 15.9 Å². The van der Waals surface area contributed by atoms with Crippen molar-refractivity contribution in [2.75, 3.05) is 7.11 Å². The highest BCUT2D eigenvalue weighted by Gasteiger charge is 2.07. The molecule has 0 saturated heterocycles. The van der Waals surface area contributed by atoms with Gasteiger partial charge in [0.05, 0.1) is 13.2 Å². The normalized spacial score (nSPS) is 12.2. The van der Waals surface area contributed by atoms with Gasteiger partial charge in [-0.2, -0.15) is 0 Å². The van der Waals surface area contributed by atoms with Crippen molar-refractivity contribution in [3.05, 3.63) is 52.5 Å². The molecule has 0 amide bonds. The van der Waals surface area contributed by atoms with Gasteiger partial charge in [-0.25, -0.2) is 0 Å². The highest BCUT2D eigenvalue weighted by molar-refractivity contribution is 9.10. The molecule has 19 heavy (non-hydrogen) atoms. The van der Waals surface area contributed by atoms with E-state index in [1.165, 1.54) is 0 Å². The molecule has 4 heteroatoms. The van der Waals surface area contributed by atoms with Crippen LogP contribution in [0.15, 0.2) is 56.7 Å². The number of aliphatic hydroxyl groups is 1. The molecule has 0 aliphatic heterocycles. The Morgan fingerprint density at radius 1 is 1.16 bits per heavy atom. The molecular formula is C15H15BrO2S. The molecule has 2 rings (SSSR count). The minimum absolute atomic E-state index is 0.448. The second-order valence-corrected chi connectivity index (χ2v) is 6.11. The summed E-state index contributed by atoms with van der Waals surface area (Å²) in [5.41, 5.74) is 0.908. The zero-order valence-electron chi connectivity index (χ0n) is 10.8. The second kappa shape index (κ2) is 6.46. The molecule has 2 aromatic rings. The van der Waals surface area contributed by atoms with Gasteiger partial charge in [0.25, 0.3) is 0 Å². The van der Waals surface area contributed by atoms with Gasteiger partial charge in [-0.05, 0) is 64.8 Å². The maximum absolute atomic E-state index is 9.54. The first kappa shape index (κ1) is 14.4. The largest absolute Gasteiger partial charge is 0.497 e. The highest BCUT2D eigenvalue weighted by atomic mass is 79.9. The van der Waals surface area contributed by atoms with Crippen LogP contribution in [0.1, 0.15) is 18.6 Å². The second-order valence-electron chi connectivity index (χ2n) is 4.14. The topological polar surface area (TPSA) is 29.5 Å². The summed E-state index contributed by atoms with van der Waals surface area (Å²) in [5, 5.41) is 9.54. The molecule has 0 bridgehead atoms. The summed E-state index contributed by atoms with van der Waals surface area (Å²) < 4.78 is 6.13. The Morgan fingerprint density at radius 2 is 1.84 bits per heavy atom. The Morgan fingerprint density at radius 3 is 2.37 bits per heavy atom. The van der Waals surface area contributed by atoms with E-state index in [0.29, 0.717) is 0 Å². The van der Waals surface area contributed by atoms with Gasteiger partial charge in [-0.15, -0.1) is 0 Å². The summed E-state index contributed by atoms with van der Waals surface area (Å²) >= 11 is 5.21. The molecule has 1 atom stereocenters. The summed E-state index contributed by atoms with van der Waals surface area (Å²) in [6, 6.07) is 13.9. The van der Waals surface area contributed by atoms with Gasteiger partial charge in [0, 0.05) is 14.3 Å². The first-order chi connectivity index (χ1) is 9.10. The molecule has 0 spiro atoms. The van der Waals surface area contributed by atoms with Gasteiger partial charge < -0.3 is 9.84 Å². The van der Waals surface area contributed by atoms with Crippen LogP contribution in [0.25, 0.3) is 0 Å². The molecule has 1 N–H and O–H groups in total. The summed E-state index contributed by atoms with van der Waals surface area (Å²) in [6.07, 6.45) is -0.448. The number of hydrogen-bond donors (Lipinski definition) is 1. The Bertz CT molecular complexity index is 553. The van der Waals surface area contributed by atoms with E-state index in [1.807, 2.05) is 42.5 Å². The first-order valence-electron chi connectivity index (χ1n) is 5.89. The van der Waals surface area contributed by atoms with E-state index in [-0.39, 0.29) is 0 Å². The maximum Gasteiger partial charge on any atom is 0.118 e. The van der Waals surface area contributed by atoms with Crippen LogP contribution in [0.2, 0.25) is 0 Å². The zero-order valence-corrected chi connectivity index (χ0v) is 13.2. The van der Waals surface area contributed by atoms with Crippen LogP contribution in [0.4, 0.5) is 0 Å². The fraction of sp³-hybridized carbons (Fsp3) is 0.200. The smallest absolute Gasteiger partial charge is 0.118 e. The molecular weight excluding hydrogens is 324 g/mol. The lowest BCUT2D eigenvalue weighted by Crippen LogP contribution is -1.90. The van der Waals surface area contributed by atoms with Gasteiger partial charge in [0.15, 0.2) is 0 Å². The minimum Gasteiger partial charge on any atom is -0.497 e. The summed E-state index contributed by atoms with van der Waals surface area (Å²) in [5.74, 6) is 0.855. The molecule has 0 unspecified atom stereocenters. The average molecular weight is 339 g/mol. The fourth-order valence-corrected chi connectivity index (χ4v) is 3.09. The van der Waals surface area contributed by atoms with E-state index in [0.717, 1.165) is 25.6 Å². The van der Waals surface area contributed by atoms with E-state index in [1.54, 1.807) is 25.8 Å². The van der Waals surface area contributed by atoms with Crippen LogP contribution in [0, 0.1) is 0 Å². The van der Waals surface area contributed by atoms with Crippen molar-refractivity contribution in [2.45, 2.75) is 22.8 Å². The van der Waals surface area contributed by atoms with Crippen molar-refractivity contribution in [3.63, 3.8) is 0 Å². The van der Waals surface area contributed by atoms with Gasteiger partial charge in [0.1, 0.15) is 5.75 Å². The number of halogens is 1. The molecule has 0 aliphatic carbocycles. The van der Waals surface area contributed by atoms with Crippen molar-refractivity contribution in [2.24, 2.45) is 0 Å². The quantitative estimate of drug-likeness (QED) is 0.878. The molecule has 0 radical (unpaired) electrons. The fourth-order valence-electron chi connectivity index (χ4n) is 1.63. The van der Waals surface area contributed by atoms with Gasteiger partial charge in [-0.3, -0.25) is 0 Å². The van der Waals surface area contributed by atoms with E-state index in [4.69, 9.17) is 4.74 Å². The standard InChI is InChI=1S/C15H15BrO2S/c1-10(17)11-3-8-15(14(16)9-11)19-13-6-4-12(18-2)5-7-13/h3-10,17H,1-2H3/t10-/m0/s1. The Kier molecular flexibility index (Phi) is 4.91. The lowest BCUT2D eigenvalue weighted by molar-refractivity contribution is 0.199. The predicted octanol–water partition coefficient (Wildman–Crippen LogP) is 4.66. The number of rotatable bonds is 4. The highest BCUT2D eigenvalue weighted by Crippen LogP contribution is 2.35. The molecule has 100 valence electrons. The summed E-state index contributed by atoms with van der Waals surface area (Å²) in [4.78, 5) is 2.26. The Labute approximate surface area is 125 Å². The molecule has 0 aromatic heterocycles. The van der Waals surface area contributed by atoms with Crippen LogP contribution in [0.3, 0.4) is 0 Å². The van der Waals surface area contributed by atoms with Crippen molar-refractivity contribution < 1.29 is 9.84 Å². The van der Waals surface area contributed by atoms with Crippen molar-refractivity contribution >= 4 is 27.7 Å². The lowest BCUT2D eigenvalue weighted by atomic mass is 10.1. The van der Waals surface area contributed by atoms with Crippen LogP contribution >= 0.6 is 27.7 Å². The molecule has 0 fully saturated rings. The molecule has 0 aliphatic rings. The number of methoxy groups -OCH3 is 1. The first-order valence-corrected chi connectivity index (χ1v) is 7.50. The van der Waals surface area contributed by atoms with Crippen LogP contribution in [-0.2, 0) is 0 Å². The number of ether oxygens (including phenoxy) is 1. The number of hydrogen-bond acceptors (Lipinski definition) is 3. The SMILES string of the molecule is COc1ccc(Sc2ccc([C@H](C)O)cc2Br)cc1. The Hall–Kier alpha value is -0.970. The van der Waals surface area contributed by atoms with E-state index < -0.39 is 6.10 Å².